The summed E-state index contributed by atoms with van der Waals surface area (Å²) in [7, 11) is 0. The number of benzene rings is 1. The quantitative estimate of drug-likeness (QED) is 0.539. The summed E-state index contributed by atoms with van der Waals surface area (Å²) in [6, 6.07) is 11.0. The van der Waals surface area contributed by atoms with Crippen LogP contribution in [0.15, 0.2) is 53.1 Å². The molecule has 0 aliphatic heterocycles. The maximum absolute atomic E-state index is 13.2. The molecule has 0 saturated carbocycles. The molecule has 1 N–H and O–H groups in total. The van der Waals surface area contributed by atoms with E-state index in [1.54, 1.807) is 19.2 Å². The van der Waals surface area contributed by atoms with E-state index in [4.69, 9.17) is 4.42 Å². The number of nitrogens with zero attached hydrogens (tertiary/aromatic N) is 4. The summed E-state index contributed by atoms with van der Waals surface area (Å²) in [6.07, 6.45) is 1.54. The molecule has 3 aromatic heterocycles. The molecule has 1 aromatic carbocycles. The first-order chi connectivity index (χ1) is 14.4. The summed E-state index contributed by atoms with van der Waals surface area (Å²) < 4.78 is 18.7. The van der Waals surface area contributed by atoms with E-state index in [0.29, 0.717) is 34.5 Å². The van der Waals surface area contributed by atoms with E-state index in [0.717, 1.165) is 11.3 Å². The van der Waals surface area contributed by atoms with E-state index in [1.165, 1.54) is 24.3 Å². The number of halogens is 1. The zero-order valence-electron chi connectivity index (χ0n) is 16.6. The van der Waals surface area contributed by atoms with Crippen molar-refractivity contribution in [3.8, 4) is 22.8 Å². The fourth-order valence-corrected chi connectivity index (χ4v) is 2.86. The zero-order chi connectivity index (χ0) is 21.3. The third-order valence-electron chi connectivity index (χ3n) is 4.53. The van der Waals surface area contributed by atoms with Gasteiger partial charge in [-0.15, -0.1) is 0 Å². The van der Waals surface area contributed by atoms with E-state index in [2.05, 4.69) is 25.3 Å². The van der Waals surface area contributed by atoms with Crippen LogP contribution in [0, 0.1) is 26.6 Å². The highest BCUT2D eigenvalue weighted by atomic mass is 19.1. The molecule has 0 aliphatic carbocycles. The van der Waals surface area contributed by atoms with Crippen molar-refractivity contribution in [3.63, 3.8) is 0 Å². The number of hydrogen-bond donors (Lipinski definition) is 1. The maximum atomic E-state index is 13.2. The van der Waals surface area contributed by atoms with Gasteiger partial charge in [0.15, 0.2) is 11.7 Å². The average Bonchev–Trinajstić information content (AvgIpc) is 3.13. The number of rotatable bonds is 4. The van der Waals surface area contributed by atoms with Crippen LogP contribution < -0.4 is 5.32 Å². The Kier molecular flexibility index (Phi) is 5.05. The van der Waals surface area contributed by atoms with E-state index in [1.807, 2.05) is 26.0 Å². The summed E-state index contributed by atoms with van der Waals surface area (Å²) in [4.78, 5) is 30.2. The van der Waals surface area contributed by atoms with Gasteiger partial charge in [0.05, 0.1) is 0 Å². The van der Waals surface area contributed by atoms with Crippen molar-refractivity contribution in [2.24, 2.45) is 0 Å². The predicted molar refractivity (Wildman–Crippen MR) is 109 cm³/mol. The van der Waals surface area contributed by atoms with E-state index < -0.39 is 5.91 Å². The summed E-state index contributed by atoms with van der Waals surface area (Å²) in [5.74, 6) is 0.129. The molecule has 0 aliphatic rings. The van der Waals surface area contributed by atoms with Crippen molar-refractivity contribution >= 4 is 11.7 Å². The van der Waals surface area contributed by atoms with Gasteiger partial charge in [-0.2, -0.15) is 0 Å². The fourth-order valence-electron chi connectivity index (χ4n) is 2.86. The van der Waals surface area contributed by atoms with Gasteiger partial charge >= 0.3 is 0 Å². The van der Waals surface area contributed by atoms with Gasteiger partial charge in [-0.1, -0.05) is 6.07 Å². The van der Waals surface area contributed by atoms with Crippen LogP contribution in [-0.2, 0) is 0 Å². The SMILES string of the molecule is Cc1nc(-c2ccc(F)cc2)c(C(=O)Nc2ccnc(-c3ccc(C)c(C)n3)n2)o1. The lowest BCUT2D eigenvalue weighted by molar-refractivity contribution is 0.0996. The molecule has 0 fully saturated rings. The van der Waals surface area contributed by atoms with Crippen molar-refractivity contribution < 1.29 is 13.6 Å². The Morgan fingerprint density at radius 2 is 1.73 bits per heavy atom. The van der Waals surface area contributed by atoms with Gasteiger partial charge in [-0.25, -0.2) is 24.3 Å². The highest BCUT2D eigenvalue weighted by molar-refractivity contribution is 6.05. The third kappa shape index (κ3) is 3.93. The van der Waals surface area contributed by atoms with Crippen molar-refractivity contribution in [3.05, 3.63) is 77.4 Å². The van der Waals surface area contributed by atoms with Gasteiger partial charge in [0.25, 0.3) is 5.91 Å². The van der Waals surface area contributed by atoms with Crippen molar-refractivity contribution in [1.82, 2.24) is 19.9 Å². The number of aryl methyl sites for hydroxylation is 3. The Balaban J connectivity index is 1.62. The highest BCUT2D eigenvalue weighted by Gasteiger charge is 2.21. The van der Waals surface area contributed by atoms with Crippen LogP contribution >= 0.6 is 0 Å². The van der Waals surface area contributed by atoms with Gasteiger partial charge in [0.2, 0.25) is 5.76 Å². The Morgan fingerprint density at radius 1 is 0.967 bits per heavy atom. The van der Waals surface area contributed by atoms with Crippen LogP contribution in [0.4, 0.5) is 10.2 Å². The molecule has 4 aromatic rings. The Bertz CT molecular complexity index is 1230. The first kappa shape index (κ1) is 19.4. The van der Waals surface area contributed by atoms with Crippen LogP contribution in [0.2, 0.25) is 0 Å². The monoisotopic (exact) mass is 403 g/mol. The maximum Gasteiger partial charge on any atom is 0.294 e. The molecule has 30 heavy (non-hydrogen) atoms. The molecule has 150 valence electrons. The normalized spacial score (nSPS) is 10.8. The Labute approximate surface area is 172 Å². The zero-order valence-corrected chi connectivity index (χ0v) is 16.6. The lowest BCUT2D eigenvalue weighted by Gasteiger charge is -2.07. The van der Waals surface area contributed by atoms with Crippen molar-refractivity contribution in [2.75, 3.05) is 5.32 Å². The molecule has 0 unspecified atom stereocenters. The lowest BCUT2D eigenvalue weighted by atomic mass is 10.1. The third-order valence-corrected chi connectivity index (χ3v) is 4.53. The average molecular weight is 403 g/mol. The molecule has 0 spiro atoms. The number of carbonyl (C=O) groups is 1. The summed E-state index contributed by atoms with van der Waals surface area (Å²) in [6.45, 7) is 5.52. The number of oxazole rings is 1. The number of anilines is 1. The molecule has 7 nitrogen and oxygen atoms in total. The van der Waals surface area contributed by atoms with Crippen LogP contribution in [0.25, 0.3) is 22.8 Å². The molecule has 0 atom stereocenters. The van der Waals surface area contributed by atoms with Crippen molar-refractivity contribution in [1.29, 1.82) is 0 Å². The van der Waals surface area contributed by atoms with Gasteiger partial charge < -0.3 is 9.73 Å². The molecule has 0 radical (unpaired) electrons. The topological polar surface area (TPSA) is 93.8 Å². The molecular weight excluding hydrogens is 385 g/mol. The standard InChI is InChI=1S/C22H18FN5O2/c1-12-4-9-17(25-13(12)2)21-24-11-10-18(27-21)28-22(29)20-19(26-14(3)30-20)15-5-7-16(23)8-6-15/h4-11H,1-3H3,(H,24,27,28,29). The fraction of sp³-hybridized carbons (Fsp3) is 0.136. The molecular formula is C22H18FN5O2. The minimum absolute atomic E-state index is 0.0172. The van der Waals surface area contributed by atoms with Gasteiger partial charge in [-0.3, -0.25) is 4.79 Å². The van der Waals surface area contributed by atoms with Crippen LogP contribution in [0.1, 0.15) is 27.7 Å². The summed E-state index contributed by atoms with van der Waals surface area (Å²) in [5, 5.41) is 2.70. The Hall–Kier alpha value is -3.94. The number of pyridine rings is 1. The largest absolute Gasteiger partial charge is 0.435 e. The van der Waals surface area contributed by atoms with Crippen LogP contribution in [0.3, 0.4) is 0 Å². The van der Waals surface area contributed by atoms with Gasteiger partial charge in [-0.05, 0) is 55.8 Å². The molecule has 3 heterocycles. The minimum Gasteiger partial charge on any atom is -0.435 e. The van der Waals surface area contributed by atoms with Gasteiger partial charge in [0.1, 0.15) is 23.0 Å². The number of nitrogens with one attached hydrogen (secondary N) is 1. The smallest absolute Gasteiger partial charge is 0.294 e. The number of amides is 1. The van der Waals surface area contributed by atoms with E-state index in [-0.39, 0.29) is 11.6 Å². The number of aromatic nitrogens is 4. The van der Waals surface area contributed by atoms with E-state index >= 15 is 0 Å². The second-order valence-electron chi connectivity index (χ2n) is 6.74. The second-order valence-corrected chi connectivity index (χ2v) is 6.74. The molecule has 0 bridgehead atoms. The Morgan fingerprint density at radius 3 is 2.47 bits per heavy atom. The second kappa shape index (κ2) is 7.82. The molecule has 0 saturated heterocycles. The minimum atomic E-state index is -0.521. The molecule has 8 heteroatoms. The van der Waals surface area contributed by atoms with Crippen LogP contribution in [0.5, 0.6) is 0 Å². The molecule has 1 amide bonds. The van der Waals surface area contributed by atoms with Crippen molar-refractivity contribution in [2.45, 2.75) is 20.8 Å². The first-order valence-electron chi connectivity index (χ1n) is 9.23. The number of hydrogen-bond acceptors (Lipinski definition) is 6. The number of carbonyl (C=O) groups excluding carboxylic acids is 1. The highest BCUT2D eigenvalue weighted by Crippen LogP contribution is 2.25. The van der Waals surface area contributed by atoms with E-state index in [9.17, 15) is 9.18 Å². The molecule has 4 rings (SSSR count). The summed E-state index contributed by atoms with van der Waals surface area (Å²) >= 11 is 0. The summed E-state index contributed by atoms with van der Waals surface area (Å²) in [5.41, 5.74) is 3.46. The first-order valence-corrected chi connectivity index (χ1v) is 9.23. The lowest BCUT2D eigenvalue weighted by Crippen LogP contribution is -2.14. The van der Waals surface area contributed by atoms with Crippen LogP contribution in [-0.4, -0.2) is 25.8 Å². The van der Waals surface area contributed by atoms with Gasteiger partial charge in [0, 0.05) is 24.4 Å². The predicted octanol–water partition coefficient (Wildman–Crippen LogP) is 4.51.